The first kappa shape index (κ1) is 16.4. The minimum Gasteiger partial charge on any atom is -0.489 e. The summed E-state index contributed by atoms with van der Waals surface area (Å²) in [6.45, 7) is 4.65. The summed E-state index contributed by atoms with van der Waals surface area (Å²) in [4.78, 5) is 13.4. The van der Waals surface area contributed by atoms with Gasteiger partial charge in [0, 0.05) is 38.3 Å². The lowest BCUT2D eigenvalue weighted by molar-refractivity contribution is -0.118. The number of nitrogens with one attached hydrogen (secondary N) is 1. The Bertz CT molecular complexity index is 685. The zero-order valence-electron chi connectivity index (χ0n) is 14.1. The summed E-state index contributed by atoms with van der Waals surface area (Å²) in [6, 6.07) is 16.5. The maximum Gasteiger partial charge on any atom is 0.216 e. The molecule has 0 spiro atoms. The predicted molar refractivity (Wildman–Crippen MR) is 96.4 cm³/mol. The molecular formula is C20H24N2O2. The van der Waals surface area contributed by atoms with Crippen LogP contribution in [0.2, 0.25) is 0 Å². The summed E-state index contributed by atoms with van der Waals surface area (Å²) in [7, 11) is 0. The van der Waals surface area contributed by atoms with E-state index in [1.807, 2.05) is 18.2 Å². The lowest BCUT2D eigenvalue weighted by Gasteiger charge is -2.31. The molecule has 1 aliphatic heterocycles. The molecule has 4 nitrogen and oxygen atoms in total. The molecule has 3 rings (SSSR count). The van der Waals surface area contributed by atoms with Gasteiger partial charge in [-0.1, -0.05) is 36.4 Å². The highest BCUT2D eigenvalue weighted by molar-refractivity contribution is 5.72. The van der Waals surface area contributed by atoms with Crippen molar-refractivity contribution >= 4 is 11.6 Å². The van der Waals surface area contributed by atoms with Gasteiger partial charge in [-0.05, 0) is 30.0 Å². The molecule has 2 aromatic carbocycles. The molecule has 0 fully saturated rings. The molecule has 126 valence electrons. The molecule has 24 heavy (non-hydrogen) atoms. The number of nitrogens with zero attached hydrogens (tertiary/aromatic N) is 1. The Morgan fingerprint density at radius 3 is 2.83 bits per heavy atom. The van der Waals surface area contributed by atoms with Gasteiger partial charge in [0.15, 0.2) is 0 Å². The molecule has 1 aliphatic rings. The van der Waals surface area contributed by atoms with Crippen LogP contribution < -0.4 is 15.0 Å². The SMILES string of the molecule is CC(=O)NCCN1CCCc2ccc(OCc3ccccc3)cc21. The van der Waals surface area contributed by atoms with Gasteiger partial charge >= 0.3 is 0 Å². The molecule has 1 N–H and O–H groups in total. The highest BCUT2D eigenvalue weighted by Crippen LogP contribution is 2.31. The maximum absolute atomic E-state index is 11.1. The van der Waals surface area contributed by atoms with Gasteiger partial charge < -0.3 is 15.0 Å². The third kappa shape index (κ3) is 4.28. The fourth-order valence-electron chi connectivity index (χ4n) is 3.06. The summed E-state index contributed by atoms with van der Waals surface area (Å²) in [5.41, 5.74) is 3.76. The predicted octanol–water partition coefficient (Wildman–Crippen LogP) is 3.15. The Labute approximate surface area is 143 Å². The zero-order valence-corrected chi connectivity index (χ0v) is 14.1. The number of benzene rings is 2. The molecule has 0 aromatic heterocycles. The van der Waals surface area contributed by atoms with Crippen molar-refractivity contribution in [2.75, 3.05) is 24.5 Å². The smallest absolute Gasteiger partial charge is 0.216 e. The fourth-order valence-corrected chi connectivity index (χ4v) is 3.06. The van der Waals surface area contributed by atoms with Gasteiger partial charge in [0.05, 0.1) is 0 Å². The van der Waals surface area contributed by atoms with Gasteiger partial charge in [-0.15, -0.1) is 0 Å². The van der Waals surface area contributed by atoms with E-state index in [0.717, 1.165) is 37.2 Å². The number of carbonyl (C=O) groups is 1. The van der Waals surface area contributed by atoms with Crippen LogP contribution in [0.25, 0.3) is 0 Å². The van der Waals surface area contributed by atoms with Crippen LogP contribution in [0.5, 0.6) is 5.75 Å². The van der Waals surface area contributed by atoms with Gasteiger partial charge in [0.2, 0.25) is 5.91 Å². The van der Waals surface area contributed by atoms with Gasteiger partial charge in [-0.25, -0.2) is 0 Å². The van der Waals surface area contributed by atoms with E-state index >= 15 is 0 Å². The molecule has 2 aromatic rings. The third-order valence-electron chi connectivity index (χ3n) is 4.28. The van der Waals surface area contributed by atoms with E-state index in [4.69, 9.17) is 4.74 Å². The first-order chi connectivity index (χ1) is 11.7. The molecule has 0 bridgehead atoms. The van der Waals surface area contributed by atoms with Crippen LogP contribution in [-0.4, -0.2) is 25.5 Å². The Balaban J connectivity index is 1.67. The highest BCUT2D eigenvalue weighted by Gasteiger charge is 2.17. The van der Waals surface area contributed by atoms with Crippen LogP contribution in [0.1, 0.15) is 24.5 Å². The Kier molecular flexibility index (Phi) is 5.36. The first-order valence-corrected chi connectivity index (χ1v) is 8.51. The Morgan fingerprint density at radius 2 is 2.04 bits per heavy atom. The molecule has 4 heteroatoms. The zero-order chi connectivity index (χ0) is 16.8. The average Bonchev–Trinajstić information content (AvgIpc) is 2.61. The summed E-state index contributed by atoms with van der Waals surface area (Å²) >= 11 is 0. The molecular weight excluding hydrogens is 300 g/mol. The van der Waals surface area contributed by atoms with E-state index in [9.17, 15) is 4.79 Å². The van der Waals surface area contributed by atoms with Crippen LogP contribution in [0.15, 0.2) is 48.5 Å². The van der Waals surface area contributed by atoms with Gasteiger partial charge in [-0.2, -0.15) is 0 Å². The lowest BCUT2D eigenvalue weighted by atomic mass is 10.0. The second kappa shape index (κ2) is 7.86. The number of hydrogen-bond acceptors (Lipinski definition) is 3. The molecule has 0 saturated carbocycles. The number of anilines is 1. The summed E-state index contributed by atoms with van der Waals surface area (Å²) in [5, 5.41) is 2.87. The van der Waals surface area contributed by atoms with Crippen LogP contribution in [0, 0.1) is 0 Å². The van der Waals surface area contributed by atoms with Gasteiger partial charge in [-0.3, -0.25) is 4.79 Å². The Morgan fingerprint density at radius 1 is 1.21 bits per heavy atom. The van der Waals surface area contributed by atoms with Crippen LogP contribution in [-0.2, 0) is 17.8 Å². The van der Waals surface area contributed by atoms with E-state index < -0.39 is 0 Å². The summed E-state index contributed by atoms with van der Waals surface area (Å²) in [5.74, 6) is 0.913. The third-order valence-corrected chi connectivity index (χ3v) is 4.28. The van der Waals surface area contributed by atoms with E-state index in [1.54, 1.807) is 6.92 Å². The number of hydrogen-bond donors (Lipinski definition) is 1. The standard InChI is InChI=1S/C20H24N2O2/c1-16(23)21-11-13-22-12-5-8-18-9-10-19(14-20(18)22)24-15-17-6-3-2-4-7-17/h2-4,6-7,9-10,14H,5,8,11-13,15H2,1H3,(H,21,23). The van der Waals surface area contributed by atoms with Crippen LogP contribution in [0.4, 0.5) is 5.69 Å². The van der Waals surface area contributed by atoms with E-state index in [2.05, 4.69) is 40.5 Å². The second-order valence-corrected chi connectivity index (χ2v) is 6.14. The summed E-state index contributed by atoms with van der Waals surface area (Å²) < 4.78 is 5.95. The minimum atomic E-state index is 0.0205. The van der Waals surface area contributed by atoms with Crippen molar-refractivity contribution in [3.05, 3.63) is 59.7 Å². The number of aryl methyl sites for hydroxylation is 1. The van der Waals surface area contributed by atoms with E-state index in [-0.39, 0.29) is 5.91 Å². The topological polar surface area (TPSA) is 41.6 Å². The van der Waals surface area contributed by atoms with Crippen molar-refractivity contribution in [1.29, 1.82) is 0 Å². The van der Waals surface area contributed by atoms with Crippen molar-refractivity contribution in [2.24, 2.45) is 0 Å². The monoisotopic (exact) mass is 324 g/mol. The normalized spacial score (nSPS) is 13.3. The van der Waals surface area contributed by atoms with Crippen molar-refractivity contribution in [3.63, 3.8) is 0 Å². The van der Waals surface area contributed by atoms with Crippen molar-refractivity contribution in [3.8, 4) is 5.75 Å². The van der Waals surface area contributed by atoms with Gasteiger partial charge in [0.25, 0.3) is 0 Å². The molecule has 0 aliphatic carbocycles. The molecule has 0 radical (unpaired) electrons. The fraction of sp³-hybridized carbons (Fsp3) is 0.350. The number of carbonyl (C=O) groups excluding carboxylic acids is 1. The number of amides is 1. The first-order valence-electron chi connectivity index (χ1n) is 8.51. The average molecular weight is 324 g/mol. The van der Waals surface area contributed by atoms with Crippen LogP contribution >= 0.6 is 0 Å². The lowest BCUT2D eigenvalue weighted by Crippen LogP contribution is -2.37. The highest BCUT2D eigenvalue weighted by atomic mass is 16.5. The largest absolute Gasteiger partial charge is 0.489 e. The van der Waals surface area contributed by atoms with Crippen molar-refractivity contribution in [2.45, 2.75) is 26.4 Å². The Hall–Kier alpha value is -2.49. The van der Waals surface area contributed by atoms with Crippen molar-refractivity contribution < 1.29 is 9.53 Å². The van der Waals surface area contributed by atoms with Gasteiger partial charge in [0.1, 0.15) is 12.4 Å². The minimum absolute atomic E-state index is 0.0205. The summed E-state index contributed by atoms with van der Waals surface area (Å²) in [6.07, 6.45) is 2.25. The molecule has 1 amide bonds. The molecule has 0 atom stereocenters. The molecule has 1 heterocycles. The quantitative estimate of drug-likeness (QED) is 0.887. The maximum atomic E-state index is 11.1. The number of ether oxygens (including phenoxy) is 1. The molecule has 0 unspecified atom stereocenters. The van der Waals surface area contributed by atoms with Crippen LogP contribution in [0.3, 0.4) is 0 Å². The van der Waals surface area contributed by atoms with Crippen molar-refractivity contribution in [1.82, 2.24) is 5.32 Å². The number of fused-ring (bicyclic) bond motifs is 1. The number of rotatable bonds is 6. The second-order valence-electron chi connectivity index (χ2n) is 6.14. The van der Waals surface area contributed by atoms with E-state index in [1.165, 1.54) is 11.3 Å². The molecule has 0 saturated heterocycles. The van der Waals surface area contributed by atoms with E-state index in [0.29, 0.717) is 13.2 Å².